The Bertz CT molecular complexity index is 527. The van der Waals surface area contributed by atoms with Crippen LogP contribution < -0.4 is 0 Å². The van der Waals surface area contributed by atoms with Crippen LogP contribution in [0.2, 0.25) is 0 Å². The van der Waals surface area contributed by atoms with Crippen molar-refractivity contribution >= 4 is 33.4 Å². The summed E-state index contributed by atoms with van der Waals surface area (Å²) in [6, 6.07) is 3.70. The molecule has 6 nitrogen and oxygen atoms in total. The summed E-state index contributed by atoms with van der Waals surface area (Å²) in [6.07, 6.45) is 0. The second kappa shape index (κ2) is 6.42. The lowest BCUT2D eigenvalue weighted by atomic mass is 10.0. The highest BCUT2D eigenvalue weighted by Crippen LogP contribution is 2.23. The Balaban J connectivity index is 3.26. The number of rotatable bonds is 5. The molecule has 0 spiro atoms. The number of hydrogen-bond acceptors (Lipinski definition) is 5. The van der Waals surface area contributed by atoms with Gasteiger partial charge in [0.15, 0.2) is 5.78 Å². The third kappa shape index (κ3) is 3.60. The smallest absolute Gasteiger partial charge is 0.345 e. The molecule has 1 aromatic carbocycles. The van der Waals surface area contributed by atoms with Crippen LogP contribution in [-0.2, 0) is 4.74 Å². The van der Waals surface area contributed by atoms with Gasteiger partial charge in [-0.2, -0.15) is 0 Å². The molecular formula is C12H12BrNO5. The summed E-state index contributed by atoms with van der Waals surface area (Å²) in [5, 5.41) is 10.9. The largest absolute Gasteiger partial charge is 0.462 e. The number of hydrogen-bond donors (Lipinski definition) is 0. The molecule has 0 heterocycles. The average molecular weight is 330 g/mol. The van der Waals surface area contributed by atoms with Gasteiger partial charge in [0.2, 0.25) is 0 Å². The summed E-state index contributed by atoms with van der Waals surface area (Å²) in [5.74, 6) is -1.07. The molecule has 1 aromatic rings. The van der Waals surface area contributed by atoms with Gasteiger partial charge >= 0.3 is 5.97 Å². The quantitative estimate of drug-likeness (QED) is 0.272. The van der Waals surface area contributed by atoms with Crippen molar-refractivity contribution in [3.05, 3.63) is 39.4 Å². The third-order valence-corrected chi connectivity index (χ3v) is 2.75. The Hall–Kier alpha value is -1.76. The van der Waals surface area contributed by atoms with E-state index in [1.54, 1.807) is 13.8 Å². The first kappa shape index (κ1) is 15.3. The number of carbonyl (C=O) groups excluding carboxylic acids is 2. The summed E-state index contributed by atoms with van der Waals surface area (Å²) in [4.78, 5) is 33.1. The van der Waals surface area contributed by atoms with E-state index in [-0.39, 0.29) is 23.5 Å². The maximum Gasteiger partial charge on any atom is 0.345 e. The predicted octanol–water partition coefficient (Wildman–Crippen LogP) is 2.74. The monoisotopic (exact) mass is 329 g/mol. The van der Waals surface area contributed by atoms with E-state index in [2.05, 4.69) is 15.9 Å². The first-order chi connectivity index (χ1) is 8.88. The van der Waals surface area contributed by atoms with Crippen LogP contribution in [0, 0.1) is 10.1 Å². The number of ketones is 1. The van der Waals surface area contributed by atoms with Gasteiger partial charge < -0.3 is 4.74 Å². The molecule has 0 aromatic heterocycles. The Labute approximate surface area is 118 Å². The van der Waals surface area contributed by atoms with Crippen LogP contribution >= 0.6 is 15.9 Å². The highest BCUT2D eigenvalue weighted by Gasteiger charge is 2.24. The van der Waals surface area contributed by atoms with Crippen molar-refractivity contribution in [3.63, 3.8) is 0 Å². The van der Waals surface area contributed by atoms with Gasteiger partial charge in [-0.3, -0.25) is 14.9 Å². The highest BCUT2D eigenvalue weighted by molar-refractivity contribution is 9.10. The minimum Gasteiger partial charge on any atom is -0.462 e. The lowest BCUT2D eigenvalue weighted by Gasteiger charge is -2.06. The molecule has 0 saturated heterocycles. The van der Waals surface area contributed by atoms with E-state index in [1.807, 2.05) is 0 Å². The summed E-state index contributed by atoms with van der Waals surface area (Å²) < 4.78 is 4.73. The molecule has 102 valence electrons. The molecule has 19 heavy (non-hydrogen) atoms. The predicted molar refractivity (Wildman–Crippen MR) is 71.8 cm³/mol. The van der Waals surface area contributed by atoms with Crippen LogP contribution in [-0.4, -0.2) is 28.1 Å². The summed E-state index contributed by atoms with van der Waals surface area (Å²) in [6.45, 7) is 3.34. The lowest BCUT2D eigenvalue weighted by molar-refractivity contribution is -0.385. The van der Waals surface area contributed by atoms with Gasteiger partial charge in [0.05, 0.1) is 16.4 Å². The Morgan fingerprint density at radius 3 is 2.58 bits per heavy atom. The van der Waals surface area contributed by atoms with Gasteiger partial charge in [0, 0.05) is 11.6 Å². The molecular weight excluding hydrogens is 318 g/mol. The van der Waals surface area contributed by atoms with Gasteiger partial charge in [0.1, 0.15) is 5.56 Å². The van der Waals surface area contributed by atoms with Crippen molar-refractivity contribution < 1.29 is 19.2 Å². The fourth-order valence-corrected chi connectivity index (χ4v) is 1.71. The van der Waals surface area contributed by atoms with E-state index in [0.29, 0.717) is 0 Å². The SMILES string of the molecule is CCOC(=O)c1ccc(C(=O)C(C)Br)cc1[N+](=O)[O-]. The van der Waals surface area contributed by atoms with Crippen molar-refractivity contribution in [2.45, 2.75) is 18.7 Å². The first-order valence-electron chi connectivity index (χ1n) is 5.52. The van der Waals surface area contributed by atoms with E-state index >= 15 is 0 Å². The van der Waals surface area contributed by atoms with E-state index in [0.717, 1.165) is 6.07 Å². The summed E-state index contributed by atoms with van der Waals surface area (Å²) in [5.41, 5.74) is -0.424. The number of nitrogens with zero attached hydrogens (tertiary/aromatic N) is 1. The third-order valence-electron chi connectivity index (χ3n) is 2.34. The Morgan fingerprint density at radius 1 is 1.47 bits per heavy atom. The van der Waals surface area contributed by atoms with Crippen molar-refractivity contribution in [2.24, 2.45) is 0 Å². The molecule has 0 saturated carbocycles. The molecule has 7 heteroatoms. The highest BCUT2D eigenvalue weighted by atomic mass is 79.9. The van der Waals surface area contributed by atoms with Crippen LogP contribution in [0.15, 0.2) is 18.2 Å². The fourth-order valence-electron chi connectivity index (χ4n) is 1.45. The molecule has 0 aliphatic heterocycles. The van der Waals surface area contributed by atoms with Crippen LogP contribution in [0.1, 0.15) is 34.6 Å². The van der Waals surface area contributed by atoms with Gasteiger partial charge in [0.25, 0.3) is 5.69 Å². The minimum absolute atomic E-state index is 0.120. The zero-order valence-electron chi connectivity index (χ0n) is 10.4. The van der Waals surface area contributed by atoms with E-state index < -0.39 is 21.4 Å². The number of carbonyl (C=O) groups is 2. The molecule has 1 atom stereocenters. The van der Waals surface area contributed by atoms with Gasteiger partial charge in [-0.25, -0.2) is 4.79 Å². The maximum atomic E-state index is 11.7. The molecule has 1 unspecified atom stereocenters. The standard InChI is InChI=1S/C12H12BrNO5/c1-3-19-12(16)9-5-4-8(11(15)7(2)13)6-10(9)14(17)18/h4-7H,3H2,1-2H3. The molecule has 1 rings (SSSR count). The van der Waals surface area contributed by atoms with Crippen molar-refractivity contribution in [1.29, 1.82) is 0 Å². The maximum absolute atomic E-state index is 11.7. The van der Waals surface area contributed by atoms with Crippen molar-refractivity contribution in [1.82, 2.24) is 0 Å². The number of nitro benzene ring substituents is 1. The fraction of sp³-hybridized carbons (Fsp3) is 0.333. The number of Topliss-reactive ketones (excluding diaryl/α,β-unsaturated/α-hetero) is 1. The van der Waals surface area contributed by atoms with Gasteiger partial charge in [-0.1, -0.05) is 22.0 Å². The van der Waals surface area contributed by atoms with Crippen LogP contribution in [0.3, 0.4) is 0 Å². The first-order valence-corrected chi connectivity index (χ1v) is 6.43. The molecule has 0 bridgehead atoms. The molecule has 0 aliphatic rings. The minimum atomic E-state index is -0.778. The Kier molecular flexibility index (Phi) is 5.17. The second-order valence-electron chi connectivity index (χ2n) is 3.69. The van der Waals surface area contributed by atoms with Crippen LogP contribution in [0.4, 0.5) is 5.69 Å². The van der Waals surface area contributed by atoms with Crippen molar-refractivity contribution in [2.75, 3.05) is 6.61 Å². The number of alkyl halides is 1. The molecule has 0 radical (unpaired) electrons. The van der Waals surface area contributed by atoms with Crippen molar-refractivity contribution in [3.8, 4) is 0 Å². The molecule has 0 amide bonds. The number of esters is 1. The summed E-state index contributed by atoms with van der Waals surface area (Å²) >= 11 is 3.10. The number of halogens is 1. The van der Waals surface area contributed by atoms with E-state index in [1.165, 1.54) is 12.1 Å². The zero-order chi connectivity index (χ0) is 14.6. The summed E-state index contributed by atoms with van der Waals surface area (Å²) in [7, 11) is 0. The van der Waals surface area contributed by atoms with Gasteiger partial charge in [-0.15, -0.1) is 0 Å². The normalized spacial score (nSPS) is 11.7. The number of nitro groups is 1. The average Bonchev–Trinajstić information content (AvgIpc) is 2.37. The topological polar surface area (TPSA) is 86.5 Å². The molecule has 0 fully saturated rings. The van der Waals surface area contributed by atoms with Crippen LogP contribution in [0.25, 0.3) is 0 Å². The molecule has 0 N–H and O–H groups in total. The van der Waals surface area contributed by atoms with Crippen LogP contribution in [0.5, 0.6) is 0 Å². The number of benzene rings is 1. The van der Waals surface area contributed by atoms with Gasteiger partial charge in [-0.05, 0) is 19.9 Å². The molecule has 0 aliphatic carbocycles. The second-order valence-corrected chi connectivity index (χ2v) is 5.06. The van der Waals surface area contributed by atoms with E-state index in [4.69, 9.17) is 4.74 Å². The van der Waals surface area contributed by atoms with E-state index in [9.17, 15) is 19.7 Å². The lowest BCUT2D eigenvalue weighted by Crippen LogP contribution is -2.13. The Morgan fingerprint density at radius 2 is 2.11 bits per heavy atom. The number of ether oxygens (including phenoxy) is 1. The zero-order valence-corrected chi connectivity index (χ0v) is 12.0.